The summed E-state index contributed by atoms with van der Waals surface area (Å²) in [5.41, 5.74) is 1.36. The van der Waals surface area contributed by atoms with Gasteiger partial charge in [-0.2, -0.15) is 0 Å². The second kappa shape index (κ2) is 4.71. The van der Waals surface area contributed by atoms with Gasteiger partial charge >= 0.3 is 0 Å². The van der Waals surface area contributed by atoms with E-state index in [0.717, 1.165) is 36.6 Å². The summed E-state index contributed by atoms with van der Waals surface area (Å²) in [4.78, 5) is 2.61. The molecule has 2 atom stereocenters. The molecule has 3 heteroatoms. The molecule has 2 heterocycles. The van der Waals surface area contributed by atoms with E-state index in [1.165, 1.54) is 24.9 Å². The normalized spacial score (nSPS) is 27.4. The number of aryl methyl sites for hydroxylation is 2. The van der Waals surface area contributed by atoms with Gasteiger partial charge in [-0.15, -0.1) is 0 Å². The molecule has 1 aliphatic heterocycles. The Morgan fingerprint density at radius 1 is 1.39 bits per heavy atom. The lowest BCUT2D eigenvalue weighted by Crippen LogP contribution is -2.52. The van der Waals surface area contributed by atoms with Gasteiger partial charge in [0, 0.05) is 37.3 Å². The third-order valence-corrected chi connectivity index (χ3v) is 4.50. The van der Waals surface area contributed by atoms with Gasteiger partial charge in [-0.3, -0.25) is 4.90 Å². The molecular weight excluding hydrogens is 224 g/mol. The van der Waals surface area contributed by atoms with Gasteiger partial charge in [0.05, 0.1) is 0 Å². The van der Waals surface area contributed by atoms with Crippen molar-refractivity contribution in [1.29, 1.82) is 0 Å². The van der Waals surface area contributed by atoms with Crippen molar-refractivity contribution >= 4 is 0 Å². The van der Waals surface area contributed by atoms with Gasteiger partial charge in [-0.25, -0.2) is 0 Å². The van der Waals surface area contributed by atoms with Crippen LogP contribution in [0, 0.1) is 19.8 Å². The highest BCUT2D eigenvalue weighted by Gasteiger charge is 2.35. The van der Waals surface area contributed by atoms with E-state index in [4.69, 9.17) is 4.42 Å². The minimum Gasteiger partial charge on any atom is -0.466 e. The lowest BCUT2D eigenvalue weighted by molar-refractivity contribution is 0.144. The summed E-state index contributed by atoms with van der Waals surface area (Å²) in [5.74, 6) is 3.05. The van der Waals surface area contributed by atoms with Crippen molar-refractivity contribution in [2.75, 3.05) is 19.6 Å². The third-order valence-electron chi connectivity index (χ3n) is 4.50. The van der Waals surface area contributed by atoms with Gasteiger partial charge < -0.3 is 9.73 Å². The zero-order valence-corrected chi connectivity index (χ0v) is 11.7. The molecule has 1 N–H and O–H groups in total. The van der Waals surface area contributed by atoms with Crippen LogP contribution < -0.4 is 5.32 Å². The molecule has 1 aromatic rings. The Morgan fingerprint density at radius 3 is 2.78 bits per heavy atom. The van der Waals surface area contributed by atoms with Crippen LogP contribution in [0.2, 0.25) is 0 Å². The number of hydrogen-bond donors (Lipinski definition) is 1. The second-order valence-electron chi connectivity index (χ2n) is 5.94. The predicted molar refractivity (Wildman–Crippen MR) is 72.7 cm³/mol. The molecule has 0 amide bonds. The van der Waals surface area contributed by atoms with Gasteiger partial charge in [0.2, 0.25) is 0 Å². The Kier molecular flexibility index (Phi) is 3.20. The van der Waals surface area contributed by atoms with Crippen LogP contribution >= 0.6 is 0 Å². The number of piperazine rings is 1. The average Bonchev–Trinajstić information content (AvgIpc) is 3.15. The molecule has 1 saturated heterocycles. The second-order valence-corrected chi connectivity index (χ2v) is 5.94. The molecule has 0 aromatic carbocycles. The Morgan fingerprint density at radius 2 is 2.17 bits per heavy atom. The van der Waals surface area contributed by atoms with Crippen LogP contribution in [-0.4, -0.2) is 30.6 Å². The first kappa shape index (κ1) is 12.2. The van der Waals surface area contributed by atoms with Crippen molar-refractivity contribution in [3.05, 3.63) is 23.2 Å². The lowest BCUT2D eigenvalue weighted by atomic mass is 10.0. The minimum atomic E-state index is 0.478. The predicted octanol–water partition coefficient (Wildman–Crippen LogP) is 2.64. The molecule has 18 heavy (non-hydrogen) atoms. The van der Waals surface area contributed by atoms with Gasteiger partial charge in [-0.05, 0) is 45.6 Å². The molecule has 2 unspecified atom stereocenters. The maximum Gasteiger partial charge on any atom is 0.105 e. The SMILES string of the molecule is Cc1cc(C(C)N2CCNC(C3CC3)C2)c(C)o1. The van der Waals surface area contributed by atoms with E-state index in [2.05, 4.69) is 30.1 Å². The van der Waals surface area contributed by atoms with Crippen molar-refractivity contribution in [2.24, 2.45) is 5.92 Å². The highest BCUT2D eigenvalue weighted by molar-refractivity contribution is 5.23. The van der Waals surface area contributed by atoms with Crippen LogP contribution in [0.1, 0.15) is 42.9 Å². The number of hydrogen-bond acceptors (Lipinski definition) is 3. The first-order chi connectivity index (χ1) is 8.65. The fourth-order valence-electron chi connectivity index (χ4n) is 3.23. The van der Waals surface area contributed by atoms with Crippen LogP contribution in [0.3, 0.4) is 0 Å². The number of furan rings is 1. The lowest BCUT2D eigenvalue weighted by Gasteiger charge is -2.37. The summed E-state index contributed by atoms with van der Waals surface area (Å²) in [6, 6.07) is 3.40. The highest BCUT2D eigenvalue weighted by atomic mass is 16.3. The summed E-state index contributed by atoms with van der Waals surface area (Å²) in [5, 5.41) is 3.67. The van der Waals surface area contributed by atoms with Gasteiger partial charge in [0.15, 0.2) is 0 Å². The number of nitrogens with zero attached hydrogens (tertiary/aromatic N) is 1. The molecule has 1 aliphatic carbocycles. The van der Waals surface area contributed by atoms with Crippen molar-refractivity contribution in [3.63, 3.8) is 0 Å². The monoisotopic (exact) mass is 248 g/mol. The van der Waals surface area contributed by atoms with Crippen molar-refractivity contribution in [2.45, 2.75) is 45.7 Å². The minimum absolute atomic E-state index is 0.478. The fourth-order valence-corrected chi connectivity index (χ4v) is 3.23. The quantitative estimate of drug-likeness (QED) is 0.891. The molecule has 0 bridgehead atoms. The van der Waals surface area contributed by atoms with E-state index < -0.39 is 0 Å². The van der Waals surface area contributed by atoms with Gasteiger partial charge in [-0.1, -0.05) is 0 Å². The summed E-state index contributed by atoms with van der Waals surface area (Å²) in [7, 11) is 0. The number of rotatable bonds is 3. The molecule has 3 rings (SSSR count). The Hall–Kier alpha value is -0.800. The first-order valence-corrected chi connectivity index (χ1v) is 7.19. The number of nitrogens with one attached hydrogen (secondary N) is 1. The standard InChI is InChI=1S/C15H24N2O/c1-10-8-14(12(3)18-10)11(2)17-7-6-16-15(9-17)13-4-5-13/h8,11,13,15-16H,4-7,9H2,1-3H3. The third kappa shape index (κ3) is 2.34. The summed E-state index contributed by atoms with van der Waals surface area (Å²) < 4.78 is 5.67. The van der Waals surface area contributed by atoms with Crippen molar-refractivity contribution in [3.8, 4) is 0 Å². The smallest absolute Gasteiger partial charge is 0.105 e. The Labute approximate surface area is 110 Å². The zero-order valence-electron chi connectivity index (χ0n) is 11.7. The zero-order chi connectivity index (χ0) is 12.7. The van der Waals surface area contributed by atoms with E-state index in [1.54, 1.807) is 0 Å². The average molecular weight is 248 g/mol. The van der Waals surface area contributed by atoms with E-state index in [1.807, 2.05) is 6.92 Å². The van der Waals surface area contributed by atoms with Crippen LogP contribution in [-0.2, 0) is 0 Å². The van der Waals surface area contributed by atoms with Gasteiger partial charge in [0.1, 0.15) is 11.5 Å². The molecule has 100 valence electrons. The fraction of sp³-hybridized carbons (Fsp3) is 0.733. The van der Waals surface area contributed by atoms with Crippen molar-refractivity contribution in [1.82, 2.24) is 10.2 Å². The van der Waals surface area contributed by atoms with Crippen molar-refractivity contribution < 1.29 is 4.42 Å². The molecule has 2 fully saturated rings. The maximum absolute atomic E-state index is 5.67. The highest BCUT2D eigenvalue weighted by Crippen LogP contribution is 2.35. The Bertz CT molecular complexity index is 422. The summed E-state index contributed by atoms with van der Waals surface area (Å²) >= 11 is 0. The van der Waals surface area contributed by atoms with Crippen LogP contribution in [0.4, 0.5) is 0 Å². The molecule has 2 aliphatic rings. The molecular formula is C15H24N2O. The topological polar surface area (TPSA) is 28.4 Å². The van der Waals surface area contributed by atoms with Crippen LogP contribution in [0.5, 0.6) is 0 Å². The van der Waals surface area contributed by atoms with E-state index in [9.17, 15) is 0 Å². The molecule has 1 aromatic heterocycles. The van der Waals surface area contributed by atoms with E-state index in [-0.39, 0.29) is 0 Å². The molecule has 0 radical (unpaired) electrons. The molecule has 1 saturated carbocycles. The summed E-state index contributed by atoms with van der Waals surface area (Å²) in [6.45, 7) is 9.89. The first-order valence-electron chi connectivity index (χ1n) is 7.19. The Balaban J connectivity index is 1.71. The van der Waals surface area contributed by atoms with E-state index in [0.29, 0.717) is 6.04 Å². The van der Waals surface area contributed by atoms with E-state index >= 15 is 0 Å². The van der Waals surface area contributed by atoms with Crippen LogP contribution in [0.25, 0.3) is 0 Å². The molecule has 0 spiro atoms. The largest absolute Gasteiger partial charge is 0.466 e. The van der Waals surface area contributed by atoms with Crippen LogP contribution in [0.15, 0.2) is 10.5 Å². The summed E-state index contributed by atoms with van der Waals surface area (Å²) in [6.07, 6.45) is 2.84. The molecule has 3 nitrogen and oxygen atoms in total. The van der Waals surface area contributed by atoms with Gasteiger partial charge in [0.25, 0.3) is 0 Å². The maximum atomic E-state index is 5.67.